The molecule has 0 aromatic heterocycles. The van der Waals surface area contributed by atoms with Crippen LogP contribution in [0.2, 0.25) is 5.02 Å². The highest BCUT2D eigenvalue weighted by Crippen LogP contribution is 2.54. The minimum atomic E-state index is -2.68. The van der Waals surface area contributed by atoms with Crippen molar-refractivity contribution in [3.8, 4) is 0 Å². The molecule has 1 saturated carbocycles. The Morgan fingerprint density at radius 1 is 1.11 bits per heavy atom. The molecule has 2 unspecified atom stereocenters. The summed E-state index contributed by atoms with van der Waals surface area (Å²) in [6, 6.07) is 7.74. The molecule has 4 heterocycles. The fourth-order valence-electron chi connectivity index (χ4n) is 6.91. The maximum absolute atomic E-state index is 14.9. The molecule has 36 heavy (non-hydrogen) atoms. The molecule has 4 fully saturated rings. The SMILES string of the molecule is CCC[C@@H]1COC[C@H]2N1S(=O)(c1ccc(Cl)cc1)=C1CC12OC(=O)N1CCC(N2CCCCC2)CC1. The van der Waals surface area contributed by atoms with Crippen molar-refractivity contribution >= 4 is 32.3 Å². The third-order valence-electron chi connectivity index (χ3n) is 8.85. The van der Waals surface area contributed by atoms with Crippen LogP contribution in [0.3, 0.4) is 0 Å². The molecule has 1 aromatic carbocycles. The maximum atomic E-state index is 14.9. The van der Waals surface area contributed by atoms with E-state index in [0.717, 1.165) is 48.5 Å². The van der Waals surface area contributed by atoms with Crippen LogP contribution >= 0.6 is 11.6 Å². The molecular weight excluding hydrogens is 498 g/mol. The van der Waals surface area contributed by atoms with Gasteiger partial charge in [-0.3, -0.25) is 0 Å². The maximum Gasteiger partial charge on any atom is 0.410 e. The second-order valence-electron chi connectivity index (χ2n) is 11.0. The van der Waals surface area contributed by atoms with Gasteiger partial charge in [0.25, 0.3) is 0 Å². The number of halogens is 1. The Morgan fingerprint density at radius 2 is 1.83 bits per heavy atom. The predicted octanol–water partition coefficient (Wildman–Crippen LogP) is 4.18. The van der Waals surface area contributed by atoms with Gasteiger partial charge in [-0.25, -0.2) is 13.3 Å². The third-order valence-corrected chi connectivity index (χ3v) is 12.3. The summed E-state index contributed by atoms with van der Waals surface area (Å²) in [5, 5.41) is 0.620. The Kier molecular flexibility index (Phi) is 6.78. The zero-order chi connectivity index (χ0) is 24.9. The van der Waals surface area contributed by atoms with Crippen LogP contribution in [-0.4, -0.2) is 92.4 Å². The van der Waals surface area contributed by atoms with Gasteiger partial charge in [0.1, 0.15) is 0 Å². The summed E-state index contributed by atoms with van der Waals surface area (Å²) in [5.74, 6) is 0. The van der Waals surface area contributed by atoms with E-state index in [2.05, 4.69) is 16.1 Å². The van der Waals surface area contributed by atoms with Crippen LogP contribution in [0.15, 0.2) is 29.2 Å². The van der Waals surface area contributed by atoms with Crippen molar-refractivity contribution in [1.82, 2.24) is 14.1 Å². The Balaban J connectivity index is 1.23. The van der Waals surface area contributed by atoms with Gasteiger partial charge in [0, 0.05) is 41.5 Å². The van der Waals surface area contributed by atoms with Gasteiger partial charge in [0.2, 0.25) is 0 Å². The number of morpholine rings is 1. The van der Waals surface area contributed by atoms with Gasteiger partial charge in [0.05, 0.1) is 33.8 Å². The van der Waals surface area contributed by atoms with Gasteiger partial charge in [-0.1, -0.05) is 31.4 Å². The van der Waals surface area contributed by atoms with E-state index >= 15 is 0 Å². The van der Waals surface area contributed by atoms with E-state index in [1.807, 2.05) is 17.0 Å². The summed E-state index contributed by atoms with van der Waals surface area (Å²) in [4.78, 5) is 19.5. The smallest absolute Gasteiger partial charge is 0.410 e. The standard InChI is InChI=1S/C27H38ClN3O4S/c1-2-6-22-18-34-19-24-27(17-25(27)36(33,31(22)24)23-9-7-20(28)8-10-23)35-26(32)30-15-11-21(12-16-30)29-13-4-3-5-14-29/h7-10,21-22,24H,2-6,11-19H2,1H3/t22-,24-,27?,36?/m1/s1. The van der Waals surface area contributed by atoms with Gasteiger partial charge in [-0.2, -0.15) is 0 Å². The van der Waals surface area contributed by atoms with Gasteiger partial charge < -0.3 is 19.3 Å². The van der Waals surface area contributed by atoms with Gasteiger partial charge in [0.15, 0.2) is 5.60 Å². The molecule has 0 radical (unpaired) electrons. The molecule has 0 spiro atoms. The lowest BCUT2D eigenvalue weighted by atomic mass is 10.0. The second-order valence-corrected chi connectivity index (χ2v) is 13.9. The zero-order valence-corrected chi connectivity index (χ0v) is 22.8. The minimum absolute atomic E-state index is 0.0353. The van der Waals surface area contributed by atoms with Crippen molar-refractivity contribution in [2.75, 3.05) is 39.4 Å². The topological polar surface area (TPSA) is 62.3 Å². The van der Waals surface area contributed by atoms with E-state index < -0.39 is 15.3 Å². The second kappa shape index (κ2) is 9.77. The van der Waals surface area contributed by atoms with E-state index in [1.54, 1.807) is 12.1 Å². The van der Waals surface area contributed by atoms with Gasteiger partial charge >= 0.3 is 6.09 Å². The fraction of sp³-hybridized carbons (Fsp3) is 0.704. The highest BCUT2D eigenvalue weighted by atomic mass is 35.5. The number of amides is 1. The molecule has 0 N–H and O–H groups in total. The number of ether oxygens (including phenoxy) is 2. The van der Waals surface area contributed by atoms with Crippen molar-refractivity contribution in [2.45, 2.75) is 86.9 Å². The normalized spacial score (nSPS) is 35.4. The lowest BCUT2D eigenvalue weighted by Gasteiger charge is -2.43. The third kappa shape index (κ3) is 4.08. The molecule has 5 aliphatic rings. The quantitative estimate of drug-likeness (QED) is 0.529. The van der Waals surface area contributed by atoms with E-state index in [4.69, 9.17) is 21.1 Å². The number of piperidine rings is 2. The lowest BCUT2D eigenvalue weighted by molar-refractivity contribution is -0.0610. The number of carbonyl (C=O) groups excluding carboxylic acids is 1. The molecule has 4 aliphatic heterocycles. The van der Waals surface area contributed by atoms with Gasteiger partial charge in [-0.05, 0) is 69.5 Å². The molecule has 0 bridgehead atoms. The van der Waals surface area contributed by atoms with Crippen molar-refractivity contribution < 1.29 is 18.5 Å². The summed E-state index contributed by atoms with van der Waals surface area (Å²) in [5.41, 5.74) is -0.816. The number of rotatable bonds is 5. The average molecular weight is 536 g/mol. The Morgan fingerprint density at radius 3 is 2.53 bits per heavy atom. The van der Waals surface area contributed by atoms with E-state index in [1.165, 1.54) is 32.4 Å². The molecule has 3 saturated heterocycles. The highest BCUT2D eigenvalue weighted by Gasteiger charge is 2.72. The largest absolute Gasteiger partial charge is 0.435 e. The number of hydrogen-bond donors (Lipinski definition) is 0. The first-order valence-corrected chi connectivity index (χ1v) is 15.6. The van der Waals surface area contributed by atoms with Crippen LogP contribution in [0.5, 0.6) is 0 Å². The number of likely N-dealkylation sites (tertiary alicyclic amines) is 2. The summed E-state index contributed by atoms with van der Waals surface area (Å²) in [6.45, 7) is 6.94. The molecule has 4 atom stereocenters. The lowest BCUT2D eigenvalue weighted by Crippen LogP contribution is -2.58. The predicted molar refractivity (Wildman–Crippen MR) is 142 cm³/mol. The van der Waals surface area contributed by atoms with Crippen LogP contribution in [0.25, 0.3) is 0 Å². The highest BCUT2D eigenvalue weighted by molar-refractivity contribution is 8.01. The zero-order valence-electron chi connectivity index (χ0n) is 21.2. The Hall–Kier alpha value is -1.32. The molecule has 7 nitrogen and oxygen atoms in total. The minimum Gasteiger partial charge on any atom is -0.435 e. The molecule has 1 aliphatic carbocycles. The van der Waals surface area contributed by atoms with E-state index in [0.29, 0.717) is 30.7 Å². The number of benzene rings is 1. The van der Waals surface area contributed by atoms with Crippen molar-refractivity contribution in [3.63, 3.8) is 0 Å². The van der Waals surface area contributed by atoms with Crippen LogP contribution in [0, 0.1) is 0 Å². The molecule has 6 rings (SSSR count). The summed E-state index contributed by atoms with van der Waals surface area (Å²) in [7, 11) is -2.68. The van der Waals surface area contributed by atoms with Crippen LogP contribution < -0.4 is 0 Å². The first kappa shape index (κ1) is 25.0. The number of nitrogens with zero attached hydrogens (tertiary/aromatic N) is 3. The van der Waals surface area contributed by atoms with Crippen molar-refractivity contribution in [1.29, 1.82) is 0 Å². The Bertz CT molecular complexity index is 1100. The summed E-state index contributed by atoms with van der Waals surface area (Å²) < 4.78 is 29.4. The summed E-state index contributed by atoms with van der Waals surface area (Å²) >= 11 is 6.16. The first-order valence-electron chi connectivity index (χ1n) is 13.7. The number of hydrogen-bond acceptors (Lipinski definition) is 5. The fourth-order valence-corrected chi connectivity index (χ4v) is 10.6. The number of fused-ring (bicyclic) bond motifs is 3. The van der Waals surface area contributed by atoms with E-state index in [9.17, 15) is 9.00 Å². The Labute approximate surface area is 220 Å². The van der Waals surface area contributed by atoms with Crippen LogP contribution in [-0.2, 0) is 19.2 Å². The first-order chi connectivity index (χ1) is 17.5. The van der Waals surface area contributed by atoms with Crippen LogP contribution in [0.1, 0.15) is 58.3 Å². The average Bonchev–Trinajstić information content (AvgIpc) is 3.60. The van der Waals surface area contributed by atoms with Crippen molar-refractivity contribution in [3.05, 3.63) is 29.3 Å². The molecule has 198 valence electrons. The number of carbonyl (C=O) groups is 1. The molecular formula is C27H38ClN3O4S. The van der Waals surface area contributed by atoms with E-state index in [-0.39, 0.29) is 18.2 Å². The summed E-state index contributed by atoms with van der Waals surface area (Å²) in [6.07, 6.45) is 8.05. The van der Waals surface area contributed by atoms with Crippen molar-refractivity contribution in [2.24, 2.45) is 0 Å². The van der Waals surface area contributed by atoms with Crippen LogP contribution in [0.4, 0.5) is 4.79 Å². The molecule has 1 aromatic rings. The monoisotopic (exact) mass is 535 g/mol. The van der Waals surface area contributed by atoms with Gasteiger partial charge in [-0.15, -0.1) is 0 Å². The molecule has 9 heteroatoms. The molecule has 1 amide bonds.